The highest BCUT2D eigenvalue weighted by Crippen LogP contribution is 2.22. The summed E-state index contributed by atoms with van der Waals surface area (Å²) in [6.07, 6.45) is 2.09. The first kappa shape index (κ1) is 15.9. The van der Waals surface area contributed by atoms with Crippen LogP contribution in [0, 0.1) is 5.82 Å². The Morgan fingerprint density at radius 1 is 1.30 bits per heavy atom. The first-order chi connectivity index (χ1) is 10.9. The monoisotopic (exact) mass is 356 g/mol. The van der Waals surface area contributed by atoms with Crippen molar-refractivity contribution < 1.29 is 12.8 Å². The van der Waals surface area contributed by atoms with E-state index >= 15 is 0 Å². The van der Waals surface area contributed by atoms with Crippen molar-refractivity contribution in [2.45, 2.75) is 12.5 Å². The molecule has 1 unspecified atom stereocenters. The van der Waals surface area contributed by atoms with Crippen molar-refractivity contribution in [2.75, 3.05) is 22.1 Å². The molecule has 1 aromatic heterocycles. The van der Waals surface area contributed by atoms with Crippen LogP contribution in [0.1, 0.15) is 6.42 Å². The van der Waals surface area contributed by atoms with Gasteiger partial charge in [0.25, 0.3) is 0 Å². The van der Waals surface area contributed by atoms with Gasteiger partial charge < -0.3 is 10.6 Å². The molecule has 1 fully saturated rings. The second-order valence-corrected chi connectivity index (χ2v) is 7.90. The van der Waals surface area contributed by atoms with Crippen molar-refractivity contribution in [3.8, 4) is 0 Å². The SMILES string of the molecule is O=S1(=O)CCC(Nc2nccc(Nc3ccc(F)c(Cl)c3)n2)C1. The van der Waals surface area contributed by atoms with Gasteiger partial charge in [-0.25, -0.2) is 17.8 Å². The van der Waals surface area contributed by atoms with Crippen LogP contribution in [0.15, 0.2) is 30.5 Å². The molecule has 1 atom stereocenters. The quantitative estimate of drug-likeness (QED) is 0.876. The van der Waals surface area contributed by atoms with E-state index in [1.807, 2.05) is 0 Å². The van der Waals surface area contributed by atoms with Crippen molar-refractivity contribution in [1.29, 1.82) is 0 Å². The number of halogens is 2. The van der Waals surface area contributed by atoms with E-state index in [2.05, 4.69) is 20.6 Å². The summed E-state index contributed by atoms with van der Waals surface area (Å²) in [6, 6.07) is 5.72. The molecule has 2 aromatic rings. The summed E-state index contributed by atoms with van der Waals surface area (Å²) in [5, 5.41) is 6.02. The Kier molecular flexibility index (Phi) is 4.36. The molecule has 0 aliphatic carbocycles. The van der Waals surface area contributed by atoms with Crippen LogP contribution in [0.4, 0.5) is 21.8 Å². The number of hydrogen-bond donors (Lipinski definition) is 2. The summed E-state index contributed by atoms with van der Waals surface area (Å²) in [6.45, 7) is 0. The zero-order chi connectivity index (χ0) is 16.4. The molecule has 3 rings (SSSR count). The first-order valence-electron chi connectivity index (χ1n) is 6.93. The average Bonchev–Trinajstić information content (AvgIpc) is 2.82. The number of sulfone groups is 1. The number of nitrogens with zero attached hydrogens (tertiary/aromatic N) is 2. The zero-order valence-corrected chi connectivity index (χ0v) is 13.5. The van der Waals surface area contributed by atoms with Crippen molar-refractivity contribution in [2.24, 2.45) is 0 Å². The topological polar surface area (TPSA) is 84.0 Å². The Morgan fingerprint density at radius 3 is 2.83 bits per heavy atom. The Balaban J connectivity index is 1.71. The molecule has 0 spiro atoms. The van der Waals surface area contributed by atoms with Crippen LogP contribution in [0.25, 0.3) is 0 Å². The third kappa shape index (κ3) is 4.08. The number of anilines is 3. The Labute approximate surface area is 138 Å². The van der Waals surface area contributed by atoms with Gasteiger partial charge in [-0.15, -0.1) is 0 Å². The Bertz CT molecular complexity index is 831. The molecule has 2 heterocycles. The van der Waals surface area contributed by atoms with Crippen molar-refractivity contribution in [1.82, 2.24) is 9.97 Å². The molecule has 0 saturated carbocycles. The summed E-state index contributed by atoms with van der Waals surface area (Å²) in [4.78, 5) is 8.35. The van der Waals surface area contributed by atoms with E-state index in [1.54, 1.807) is 18.3 Å². The molecule has 0 amide bonds. The zero-order valence-electron chi connectivity index (χ0n) is 12.0. The van der Waals surface area contributed by atoms with Gasteiger partial charge in [-0.3, -0.25) is 0 Å². The van der Waals surface area contributed by atoms with Crippen LogP contribution in [-0.4, -0.2) is 35.9 Å². The van der Waals surface area contributed by atoms with Crippen LogP contribution in [0.2, 0.25) is 5.02 Å². The number of hydrogen-bond acceptors (Lipinski definition) is 6. The van der Waals surface area contributed by atoms with Crippen molar-refractivity contribution in [3.05, 3.63) is 41.3 Å². The minimum atomic E-state index is -2.97. The molecule has 1 aromatic carbocycles. The van der Waals surface area contributed by atoms with Gasteiger partial charge >= 0.3 is 0 Å². The molecule has 0 radical (unpaired) electrons. The second-order valence-electron chi connectivity index (χ2n) is 5.26. The lowest BCUT2D eigenvalue weighted by atomic mass is 10.3. The number of nitrogens with one attached hydrogen (secondary N) is 2. The molecular weight excluding hydrogens is 343 g/mol. The van der Waals surface area contributed by atoms with Crippen molar-refractivity contribution in [3.63, 3.8) is 0 Å². The molecule has 1 aliphatic heterocycles. The van der Waals surface area contributed by atoms with Gasteiger partial charge in [0, 0.05) is 17.9 Å². The number of aromatic nitrogens is 2. The summed E-state index contributed by atoms with van der Waals surface area (Å²) < 4.78 is 36.1. The fourth-order valence-corrected chi connectivity index (χ4v) is 4.16. The molecule has 2 N–H and O–H groups in total. The number of benzene rings is 1. The number of rotatable bonds is 4. The fraction of sp³-hybridized carbons (Fsp3) is 0.286. The first-order valence-corrected chi connectivity index (χ1v) is 9.13. The van der Waals surface area contributed by atoms with E-state index in [0.29, 0.717) is 23.9 Å². The van der Waals surface area contributed by atoms with Crippen LogP contribution >= 0.6 is 11.6 Å². The molecule has 23 heavy (non-hydrogen) atoms. The molecule has 122 valence electrons. The normalized spacial score (nSPS) is 19.5. The van der Waals surface area contributed by atoms with Gasteiger partial charge in [-0.05, 0) is 30.7 Å². The molecular formula is C14H14ClFN4O2S. The highest BCUT2D eigenvalue weighted by Gasteiger charge is 2.28. The lowest BCUT2D eigenvalue weighted by Gasteiger charge is -2.12. The lowest BCUT2D eigenvalue weighted by molar-refractivity contribution is 0.602. The highest BCUT2D eigenvalue weighted by atomic mass is 35.5. The third-order valence-electron chi connectivity index (χ3n) is 3.41. The van der Waals surface area contributed by atoms with Gasteiger partial charge in [-0.2, -0.15) is 4.98 Å². The van der Waals surface area contributed by atoms with E-state index in [-0.39, 0.29) is 22.6 Å². The standard InChI is InChI=1S/C14H14ClFN4O2S/c15-11-7-9(1-2-12(11)16)18-13-3-5-17-14(20-13)19-10-4-6-23(21,22)8-10/h1-3,5,7,10H,4,6,8H2,(H2,17,18,19,20). The van der Waals surface area contributed by atoms with Crippen LogP contribution in [0.5, 0.6) is 0 Å². The molecule has 6 nitrogen and oxygen atoms in total. The van der Waals surface area contributed by atoms with Crippen LogP contribution in [0.3, 0.4) is 0 Å². The summed E-state index contributed by atoms with van der Waals surface area (Å²) in [5.74, 6) is 0.596. The lowest BCUT2D eigenvalue weighted by Crippen LogP contribution is -2.22. The van der Waals surface area contributed by atoms with Gasteiger partial charge in [0.05, 0.1) is 16.5 Å². The molecule has 9 heteroatoms. The molecule has 1 aliphatic rings. The van der Waals surface area contributed by atoms with Gasteiger partial charge in [0.2, 0.25) is 5.95 Å². The maximum atomic E-state index is 13.1. The molecule has 0 bridgehead atoms. The highest BCUT2D eigenvalue weighted by molar-refractivity contribution is 7.91. The maximum Gasteiger partial charge on any atom is 0.224 e. The molecule has 1 saturated heterocycles. The van der Waals surface area contributed by atoms with Gasteiger partial charge in [0.15, 0.2) is 9.84 Å². The predicted octanol–water partition coefficient (Wildman–Crippen LogP) is 2.61. The average molecular weight is 357 g/mol. The smallest absolute Gasteiger partial charge is 0.224 e. The van der Waals surface area contributed by atoms with E-state index in [0.717, 1.165) is 0 Å². The fourth-order valence-electron chi connectivity index (χ4n) is 2.31. The van der Waals surface area contributed by atoms with Crippen LogP contribution in [-0.2, 0) is 9.84 Å². The Hall–Kier alpha value is -1.93. The van der Waals surface area contributed by atoms with E-state index in [4.69, 9.17) is 11.6 Å². The minimum Gasteiger partial charge on any atom is -0.350 e. The Morgan fingerprint density at radius 2 is 2.13 bits per heavy atom. The van der Waals surface area contributed by atoms with Crippen molar-refractivity contribution >= 4 is 38.9 Å². The largest absolute Gasteiger partial charge is 0.350 e. The summed E-state index contributed by atoms with van der Waals surface area (Å²) >= 11 is 5.73. The minimum absolute atomic E-state index is 0.0126. The van der Waals surface area contributed by atoms with E-state index < -0.39 is 15.7 Å². The summed E-state index contributed by atoms with van der Waals surface area (Å²) in [7, 11) is -2.97. The van der Waals surface area contributed by atoms with Gasteiger partial charge in [-0.1, -0.05) is 11.6 Å². The predicted molar refractivity (Wildman–Crippen MR) is 87.4 cm³/mol. The van der Waals surface area contributed by atoms with E-state index in [9.17, 15) is 12.8 Å². The summed E-state index contributed by atoms with van der Waals surface area (Å²) in [5.41, 5.74) is 0.587. The van der Waals surface area contributed by atoms with Gasteiger partial charge in [0.1, 0.15) is 11.6 Å². The van der Waals surface area contributed by atoms with E-state index in [1.165, 1.54) is 12.1 Å². The maximum absolute atomic E-state index is 13.1. The second kappa shape index (κ2) is 6.29. The third-order valence-corrected chi connectivity index (χ3v) is 5.47. The van der Waals surface area contributed by atoms with Crippen LogP contribution < -0.4 is 10.6 Å².